The van der Waals surface area contributed by atoms with Crippen molar-refractivity contribution in [2.45, 2.75) is 40.5 Å². The molecule has 4 nitrogen and oxygen atoms in total. The van der Waals surface area contributed by atoms with Crippen molar-refractivity contribution < 1.29 is 5.11 Å². The molecule has 2 aliphatic rings. The quantitative estimate of drug-likeness (QED) is 0.188. The Hall–Kier alpha value is -4.96. The molecule has 4 heteroatoms. The normalized spacial score (nSPS) is 18.0. The molecule has 7 rings (SSSR count). The number of aliphatic hydroxyl groups excluding tert-OH is 1. The van der Waals surface area contributed by atoms with Crippen molar-refractivity contribution in [1.82, 2.24) is 4.57 Å². The molecular weight excluding hydrogens is 538 g/mol. The maximum atomic E-state index is 10.4. The first kappa shape index (κ1) is 27.8. The van der Waals surface area contributed by atoms with E-state index in [2.05, 4.69) is 146 Å². The number of para-hydroxylation sites is 1. The predicted octanol–water partition coefficient (Wildman–Crippen LogP) is 10.7. The summed E-state index contributed by atoms with van der Waals surface area (Å²) in [6.45, 7) is 9.00. The molecule has 1 unspecified atom stereocenters. The fraction of sp³-hybridized carbons (Fsp3) is 0.200. The van der Waals surface area contributed by atoms with Gasteiger partial charge in [0.15, 0.2) is 0 Å². The molecule has 1 aromatic heterocycles. The molecule has 220 valence electrons. The molecule has 0 spiro atoms. The van der Waals surface area contributed by atoms with Crippen LogP contribution in [0.2, 0.25) is 0 Å². The molecule has 0 amide bonds. The largest absolute Gasteiger partial charge is 0.506 e. The van der Waals surface area contributed by atoms with E-state index in [9.17, 15) is 5.11 Å². The van der Waals surface area contributed by atoms with Crippen molar-refractivity contribution in [1.29, 1.82) is 0 Å². The molecule has 3 N–H and O–H groups in total. The van der Waals surface area contributed by atoms with Crippen molar-refractivity contribution in [3.05, 3.63) is 144 Å². The highest BCUT2D eigenvalue weighted by atomic mass is 16.3. The standard InChI is InChI=1S/C40H39N3O/c1-26-10-5-6-12-32(26)35-22-18-30(25-40(35,3)4)41-29-19-23-37-34(24-29)33-13-7-8-14-36(33)43(37)31-20-16-28(17-21-31)42-39-27(2)11-9-15-38(39)44/h5-10,12-24,27,41-42,44H,11,25H2,1-4H3. The fourth-order valence-corrected chi connectivity index (χ4v) is 6.85. The van der Waals surface area contributed by atoms with Crippen LogP contribution in [-0.4, -0.2) is 9.67 Å². The Kier molecular flexibility index (Phi) is 6.93. The summed E-state index contributed by atoms with van der Waals surface area (Å²) < 4.78 is 2.33. The maximum Gasteiger partial charge on any atom is 0.134 e. The van der Waals surface area contributed by atoms with Crippen molar-refractivity contribution in [2.24, 2.45) is 11.3 Å². The van der Waals surface area contributed by atoms with Gasteiger partial charge in [-0.3, -0.25) is 0 Å². The lowest BCUT2D eigenvalue weighted by atomic mass is 9.73. The van der Waals surface area contributed by atoms with Crippen molar-refractivity contribution in [3.8, 4) is 5.69 Å². The number of anilines is 2. The summed E-state index contributed by atoms with van der Waals surface area (Å²) in [5, 5.41) is 20.0. The number of fused-ring (bicyclic) bond motifs is 3. The van der Waals surface area contributed by atoms with Gasteiger partial charge >= 0.3 is 0 Å². The van der Waals surface area contributed by atoms with Crippen LogP contribution in [0.4, 0.5) is 11.4 Å². The zero-order chi connectivity index (χ0) is 30.4. The summed E-state index contributed by atoms with van der Waals surface area (Å²) in [7, 11) is 0. The van der Waals surface area contributed by atoms with Crippen LogP contribution < -0.4 is 10.6 Å². The van der Waals surface area contributed by atoms with E-state index in [4.69, 9.17) is 0 Å². The highest BCUT2D eigenvalue weighted by Gasteiger charge is 2.29. The van der Waals surface area contributed by atoms with E-state index < -0.39 is 0 Å². The van der Waals surface area contributed by atoms with Gasteiger partial charge in [-0.05, 0) is 103 Å². The van der Waals surface area contributed by atoms with Crippen LogP contribution in [0.25, 0.3) is 33.1 Å². The van der Waals surface area contributed by atoms with E-state index >= 15 is 0 Å². The third-order valence-corrected chi connectivity index (χ3v) is 9.16. The van der Waals surface area contributed by atoms with E-state index in [1.54, 1.807) is 6.08 Å². The Morgan fingerprint density at radius 3 is 2.30 bits per heavy atom. The Bertz CT molecular complexity index is 2020. The number of nitrogens with one attached hydrogen (secondary N) is 2. The minimum absolute atomic E-state index is 0.0192. The summed E-state index contributed by atoms with van der Waals surface area (Å²) in [6.07, 6.45) is 10.2. The van der Waals surface area contributed by atoms with Crippen molar-refractivity contribution >= 4 is 38.8 Å². The number of rotatable bonds is 6. The summed E-state index contributed by atoms with van der Waals surface area (Å²) in [4.78, 5) is 0. The molecule has 0 saturated carbocycles. The second-order valence-corrected chi connectivity index (χ2v) is 12.9. The monoisotopic (exact) mass is 577 g/mol. The van der Waals surface area contributed by atoms with Crippen molar-refractivity contribution in [2.75, 3.05) is 10.6 Å². The highest BCUT2D eigenvalue weighted by Crippen LogP contribution is 2.44. The van der Waals surface area contributed by atoms with Crippen LogP contribution in [0.1, 0.15) is 44.7 Å². The number of hydrogen-bond acceptors (Lipinski definition) is 3. The first-order valence-electron chi connectivity index (χ1n) is 15.5. The first-order chi connectivity index (χ1) is 21.3. The molecular formula is C40H39N3O. The first-order valence-corrected chi connectivity index (χ1v) is 15.5. The van der Waals surface area contributed by atoms with Crippen LogP contribution >= 0.6 is 0 Å². The lowest BCUT2D eigenvalue weighted by Gasteiger charge is -2.33. The average Bonchev–Trinajstić information content (AvgIpc) is 3.33. The van der Waals surface area contributed by atoms with E-state index in [0.29, 0.717) is 5.76 Å². The molecule has 0 bridgehead atoms. The van der Waals surface area contributed by atoms with Gasteiger partial charge in [-0.1, -0.05) is 75.4 Å². The molecule has 4 aromatic carbocycles. The lowest BCUT2D eigenvalue weighted by Crippen LogP contribution is -2.20. The van der Waals surface area contributed by atoms with Gasteiger partial charge in [-0.2, -0.15) is 0 Å². The smallest absolute Gasteiger partial charge is 0.134 e. The maximum absolute atomic E-state index is 10.4. The number of allylic oxidation sites excluding steroid dienone is 7. The van der Waals surface area contributed by atoms with E-state index in [-0.39, 0.29) is 11.3 Å². The second kappa shape index (κ2) is 10.9. The lowest BCUT2D eigenvalue weighted by molar-refractivity contribution is 0.410. The van der Waals surface area contributed by atoms with Gasteiger partial charge < -0.3 is 20.3 Å². The van der Waals surface area contributed by atoms with E-state index in [1.807, 2.05) is 6.08 Å². The number of hydrogen-bond donors (Lipinski definition) is 3. The van der Waals surface area contributed by atoms with Gasteiger partial charge in [0.2, 0.25) is 0 Å². The molecule has 2 aliphatic carbocycles. The summed E-state index contributed by atoms with van der Waals surface area (Å²) in [6, 6.07) is 32.5. The van der Waals surface area contributed by atoms with Crippen LogP contribution in [-0.2, 0) is 0 Å². The number of aromatic nitrogens is 1. The SMILES string of the molecule is Cc1ccccc1C1=CC=C(Nc2ccc3c(c2)c2ccccc2n3-c2ccc(NC3=C(O)C=CCC3C)cc2)CC1(C)C. The van der Waals surface area contributed by atoms with Gasteiger partial charge in [-0.25, -0.2) is 0 Å². The molecule has 0 radical (unpaired) electrons. The fourth-order valence-electron chi connectivity index (χ4n) is 6.85. The Morgan fingerprint density at radius 1 is 0.795 bits per heavy atom. The van der Waals surface area contributed by atoms with E-state index in [1.165, 1.54) is 44.2 Å². The number of benzene rings is 4. The van der Waals surface area contributed by atoms with Gasteiger partial charge in [0.25, 0.3) is 0 Å². The Balaban J connectivity index is 1.21. The van der Waals surface area contributed by atoms with Crippen molar-refractivity contribution in [3.63, 3.8) is 0 Å². The third-order valence-electron chi connectivity index (χ3n) is 9.16. The molecule has 5 aromatic rings. The minimum atomic E-state index is 0.0192. The molecule has 1 atom stereocenters. The van der Waals surface area contributed by atoms with Crippen LogP contribution in [0.3, 0.4) is 0 Å². The predicted molar refractivity (Wildman–Crippen MR) is 186 cm³/mol. The second-order valence-electron chi connectivity index (χ2n) is 12.9. The third kappa shape index (κ3) is 5.01. The van der Waals surface area contributed by atoms with Crippen LogP contribution in [0.5, 0.6) is 0 Å². The van der Waals surface area contributed by atoms with Crippen LogP contribution in [0.15, 0.2) is 132 Å². The van der Waals surface area contributed by atoms with E-state index in [0.717, 1.165) is 35.6 Å². The average molecular weight is 578 g/mol. The summed E-state index contributed by atoms with van der Waals surface area (Å²) >= 11 is 0. The molecule has 44 heavy (non-hydrogen) atoms. The topological polar surface area (TPSA) is 49.2 Å². The molecule has 0 fully saturated rings. The van der Waals surface area contributed by atoms with Gasteiger partial charge in [0.1, 0.15) is 5.76 Å². The van der Waals surface area contributed by atoms with Crippen LogP contribution in [0, 0.1) is 18.3 Å². The minimum Gasteiger partial charge on any atom is -0.506 e. The highest BCUT2D eigenvalue weighted by molar-refractivity contribution is 6.10. The van der Waals surface area contributed by atoms with Gasteiger partial charge in [0.05, 0.1) is 16.7 Å². The number of aryl methyl sites for hydroxylation is 1. The number of aliphatic hydroxyl groups is 1. The van der Waals surface area contributed by atoms with Gasteiger partial charge in [0, 0.05) is 39.4 Å². The molecule has 0 saturated heterocycles. The Morgan fingerprint density at radius 2 is 1.52 bits per heavy atom. The number of nitrogens with zero attached hydrogens (tertiary/aromatic N) is 1. The summed E-state index contributed by atoms with van der Waals surface area (Å²) in [5.41, 5.74) is 11.7. The zero-order valence-electron chi connectivity index (χ0n) is 25.9. The zero-order valence-corrected chi connectivity index (χ0v) is 25.9. The summed E-state index contributed by atoms with van der Waals surface area (Å²) in [5.74, 6) is 0.566. The molecule has 1 heterocycles. The molecule has 0 aliphatic heterocycles. The Labute approximate surface area is 259 Å². The van der Waals surface area contributed by atoms with Gasteiger partial charge in [-0.15, -0.1) is 0 Å².